The summed E-state index contributed by atoms with van der Waals surface area (Å²) in [7, 11) is 3.02. The highest BCUT2D eigenvalue weighted by atomic mass is 35.5. The third-order valence-electron chi connectivity index (χ3n) is 5.84. The first-order chi connectivity index (χ1) is 17.4. The van der Waals surface area contributed by atoms with Gasteiger partial charge in [-0.05, 0) is 12.1 Å². The Balaban J connectivity index is 1.59. The Labute approximate surface area is 215 Å². The Hall–Kier alpha value is -3.67. The van der Waals surface area contributed by atoms with Crippen LogP contribution in [0, 0.1) is 0 Å². The van der Waals surface area contributed by atoms with Crippen molar-refractivity contribution >= 4 is 51.7 Å². The van der Waals surface area contributed by atoms with E-state index >= 15 is 0 Å². The summed E-state index contributed by atoms with van der Waals surface area (Å²) in [4.78, 5) is 25.3. The van der Waals surface area contributed by atoms with Gasteiger partial charge < -0.3 is 24.8 Å². The van der Waals surface area contributed by atoms with Gasteiger partial charge in [0.15, 0.2) is 11.3 Å². The summed E-state index contributed by atoms with van der Waals surface area (Å²) in [6.07, 6.45) is 4.29. The molecule has 1 aliphatic rings. The SMILES string of the molecule is C=CC(=O)N[C@@H]1COC[C@@H]1Nc1ncc2cc(-c3c(Cl)c(OC)cc(OC)c3Cl)c3ncnn3c2n1. The normalized spacial score (nSPS) is 17.3. The lowest BCUT2D eigenvalue weighted by molar-refractivity contribution is -0.117. The number of carbonyl (C=O) groups excluding carboxylic acids is 1. The van der Waals surface area contributed by atoms with Gasteiger partial charge in [0.25, 0.3) is 0 Å². The fourth-order valence-electron chi connectivity index (χ4n) is 4.08. The van der Waals surface area contributed by atoms with Gasteiger partial charge in [0.05, 0.1) is 49.6 Å². The number of nitrogens with zero attached hydrogens (tertiary/aromatic N) is 5. The molecule has 0 bridgehead atoms. The third kappa shape index (κ3) is 4.15. The Kier molecular flexibility index (Phi) is 6.52. The number of amides is 1. The monoisotopic (exact) mass is 529 g/mol. The number of rotatable bonds is 7. The molecular formula is C23H21Cl2N7O4. The van der Waals surface area contributed by atoms with Crippen LogP contribution in [0.3, 0.4) is 0 Å². The molecule has 0 spiro atoms. The van der Waals surface area contributed by atoms with Crippen molar-refractivity contribution in [2.24, 2.45) is 0 Å². The van der Waals surface area contributed by atoms with E-state index in [4.69, 9.17) is 37.4 Å². The smallest absolute Gasteiger partial charge is 0.243 e. The Morgan fingerprint density at radius 1 is 1.14 bits per heavy atom. The van der Waals surface area contributed by atoms with Crippen molar-refractivity contribution in [2.75, 3.05) is 32.8 Å². The summed E-state index contributed by atoms with van der Waals surface area (Å²) in [5, 5.41) is 11.7. The largest absolute Gasteiger partial charge is 0.495 e. The number of hydrogen-bond donors (Lipinski definition) is 2. The molecule has 186 valence electrons. The highest BCUT2D eigenvalue weighted by Crippen LogP contribution is 2.47. The molecule has 1 aromatic carbocycles. The topological polar surface area (TPSA) is 125 Å². The molecule has 5 rings (SSSR count). The molecule has 4 aromatic rings. The van der Waals surface area contributed by atoms with Crippen molar-refractivity contribution < 1.29 is 19.0 Å². The van der Waals surface area contributed by atoms with Crippen molar-refractivity contribution in [1.29, 1.82) is 0 Å². The summed E-state index contributed by atoms with van der Waals surface area (Å²) in [5.74, 6) is 0.872. The van der Waals surface area contributed by atoms with Crippen LogP contribution < -0.4 is 20.1 Å². The number of fused-ring (bicyclic) bond motifs is 3. The molecule has 3 aromatic heterocycles. The summed E-state index contributed by atoms with van der Waals surface area (Å²) in [6, 6.07) is 2.98. The number of ether oxygens (including phenoxy) is 3. The van der Waals surface area contributed by atoms with Crippen LogP contribution in [0.2, 0.25) is 10.0 Å². The van der Waals surface area contributed by atoms with E-state index in [1.54, 1.807) is 16.8 Å². The van der Waals surface area contributed by atoms with Crippen LogP contribution in [0.25, 0.3) is 27.8 Å². The van der Waals surface area contributed by atoms with E-state index in [1.165, 1.54) is 26.6 Å². The lowest BCUT2D eigenvalue weighted by atomic mass is 10.0. The molecular weight excluding hydrogens is 509 g/mol. The van der Waals surface area contributed by atoms with Gasteiger partial charge in [-0.2, -0.15) is 14.6 Å². The molecule has 2 atom stereocenters. The zero-order valence-electron chi connectivity index (χ0n) is 19.3. The minimum atomic E-state index is -0.278. The average Bonchev–Trinajstić information content (AvgIpc) is 3.54. The molecule has 1 fully saturated rings. The van der Waals surface area contributed by atoms with Gasteiger partial charge in [-0.3, -0.25) is 4.79 Å². The number of halogens is 2. The second-order valence-electron chi connectivity index (χ2n) is 7.92. The van der Waals surface area contributed by atoms with Gasteiger partial charge in [0.2, 0.25) is 11.9 Å². The molecule has 11 nitrogen and oxygen atoms in total. The predicted octanol–water partition coefficient (Wildman–Crippen LogP) is 3.15. The second kappa shape index (κ2) is 9.76. The van der Waals surface area contributed by atoms with E-state index in [0.717, 1.165) is 0 Å². The average molecular weight is 530 g/mol. The highest BCUT2D eigenvalue weighted by Gasteiger charge is 2.30. The number of benzene rings is 1. The van der Waals surface area contributed by atoms with Crippen LogP contribution in [0.1, 0.15) is 0 Å². The van der Waals surface area contributed by atoms with E-state index in [0.29, 0.717) is 68.5 Å². The van der Waals surface area contributed by atoms with E-state index in [9.17, 15) is 4.79 Å². The molecule has 2 N–H and O–H groups in total. The molecule has 13 heteroatoms. The zero-order chi connectivity index (χ0) is 25.4. The van der Waals surface area contributed by atoms with E-state index < -0.39 is 0 Å². The molecule has 0 saturated carbocycles. The number of aromatic nitrogens is 5. The summed E-state index contributed by atoms with van der Waals surface area (Å²) in [6.45, 7) is 4.24. The lowest BCUT2D eigenvalue weighted by Crippen LogP contribution is -2.45. The molecule has 0 radical (unpaired) electrons. The van der Waals surface area contributed by atoms with Gasteiger partial charge in [-0.1, -0.05) is 29.8 Å². The van der Waals surface area contributed by atoms with Gasteiger partial charge in [0, 0.05) is 28.8 Å². The summed E-state index contributed by atoms with van der Waals surface area (Å²) in [5.41, 5.74) is 2.08. The van der Waals surface area contributed by atoms with Crippen molar-refractivity contribution in [2.45, 2.75) is 12.1 Å². The van der Waals surface area contributed by atoms with Crippen LogP contribution in [0.4, 0.5) is 5.95 Å². The second-order valence-corrected chi connectivity index (χ2v) is 8.67. The molecule has 1 saturated heterocycles. The van der Waals surface area contributed by atoms with Crippen LogP contribution in [0.5, 0.6) is 11.5 Å². The molecule has 4 heterocycles. The fourth-order valence-corrected chi connectivity index (χ4v) is 4.78. The van der Waals surface area contributed by atoms with Gasteiger partial charge in [-0.25, -0.2) is 9.97 Å². The molecule has 0 unspecified atom stereocenters. The lowest BCUT2D eigenvalue weighted by Gasteiger charge is -2.20. The van der Waals surface area contributed by atoms with Crippen molar-refractivity contribution in [3.63, 3.8) is 0 Å². The number of hydrogen-bond acceptors (Lipinski definition) is 9. The highest BCUT2D eigenvalue weighted by molar-refractivity contribution is 6.41. The number of methoxy groups -OCH3 is 2. The van der Waals surface area contributed by atoms with Crippen LogP contribution in [0.15, 0.2) is 37.3 Å². The number of anilines is 1. The maximum atomic E-state index is 11.7. The van der Waals surface area contributed by atoms with E-state index in [2.05, 4.69) is 37.3 Å². The number of pyridine rings is 1. The molecule has 0 aliphatic carbocycles. The van der Waals surface area contributed by atoms with Crippen molar-refractivity contribution in [3.05, 3.63) is 47.4 Å². The summed E-state index contributed by atoms with van der Waals surface area (Å²) >= 11 is 13.3. The third-order valence-corrected chi connectivity index (χ3v) is 6.59. The van der Waals surface area contributed by atoms with Crippen molar-refractivity contribution in [3.8, 4) is 22.6 Å². The van der Waals surface area contributed by atoms with Crippen LogP contribution in [-0.2, 0) is 9.53 Å². The molecule has 1 amide bonds. The van der Waals surface area contributed by atoms with Crippen LogP contribution >= 0.6 is 23.2 Å². The molecule has 36 heavy (non-hydrogen) atoms. The predicted molar refractivity (Wildman–Crippen MR) is 135 cm³/mol. The maximum absolute atomic E-state index is 11.7. The number of carbonyl (C=O) groups is 1. The maximum Gasteiger partial charge on any atom is 0.243 e. The summed E-state index contributed by atoms with van der Waals surface area (Å²) < 4.78 is 17.9. The first-order valence-electron chi connectivity index (χ1n) is 10.8. The van der Waals surface area contributed by atoms with E-state index in [1.807, 2.05) is 6.07 Å². The van der Waals surface area contributed by atoms with Crippen LogP contribution in [-0.4, -0.2) is 70.0 Å². The van der Waals surface area contributed by atoms with Gasteiger partial charge in [-0.15, -0.1) is 0 Å². The van der Waals surface area contributed by atoms with Gasteiger partial charge in [0.1, 0.15) is 17.8 Å². The first-order valence-corrected chi connectivity index (χ1v) is 11.6. The van der Waals surface area contributed by atoms with Crippen molar-refractivity contribution in [1.82, 2.24) is 29.9 Å². The first kappa shape index (κ1) is 24.0. The molecule has 1 aliphatic heterocycles. The quantitative estimate of drug-likeness (QED) is 0.347. The van der Waals surface area contributed by atoms with E-state index in [-0.39, 0.29) is 18.0 Å². The Bertz CT molecular complexity index is 1460. The Morgan fingerprint density at radius 3 is 2.56 bits per heavy atom. The standard InChI is InChI=1S/C23H21Cl2N7O4/c1-4-17(33)29-13-8-36-9-14(13)30-23-26-7-11-5-12(22-27-10-28-32(22)21(11)31-23)18-19(24)15(34-2)6-16(35-3)20(18)25/h4-7,10,13-14H,1,8-9H2,2-3H3,(H,29,33)(H,26,30,31)/t13-,14+/m1/s1. The minimum Gasteiger partial charge on any atom is -0.495 e. The van der Waals surface area contributed by atoms with Gasteiger partial charge >= 0.3 is 0 Å². The Morgan fingerprint density at radius 2 is 1.86 bits per heavy atom. The fraction of sp³-hybridized carbons (Fsp3) is 0.261. The number of nitrogens with one attached hydrogen (secondary N) is 2. The zero-order valence-corrected chi connectivity index (χ0v) is 20.8. The minimum absolute atomic E-state index is 0.223.